The van der Waals surface area contributed by atoms with Crippen LogP contribution in [0.15, 0.2) is 40.2 Å². The molecule has 0 aromatic heterocycles. The summed E-state index contributed by atoms with van der Waals surface area (Å²) in [4.78, 5) is 9.60. The molecule has 0 radical (unpaired) electrons. The molecule has 2 saturated heterocycles. The Balaban J connectivity index is 0.00000261. The summed E-state index contributed by atoms with van der Waals surface area (Å²) >= 11 is 0. The van der Waals surface area contributed by atoms with Crippen LogP contribution < -0.4 is 5.32 Å². The van der Waals surface area contributed by atoms with E-state index >= 15 is 0 Å². The number of guanidine groups is 1. The van der Waals surface area contributed by atoms with Crippen LogP contribution in [0.1, 0.15) is 25.7 Å². The fourth-order valence-electron chi connectivity index (χ4n) is 3.89. The van der Waals surface area contributed by atoms with Gasteiger partial charge in [0.1, 0.15) is 0 Å². The van der Waals surface area contributed by atoms with Crippen LogP contribution in [0.4, 0.5) is 0 Å². The van der Waals surface area contributed by atoms with Gasteiger partial charge in [0.25, 0.3) is 0 Å². The van der Waals surface area contributed by atoms with E-state index < -0.39 is 9.84 Å². The smallest absolute Gasteiger partial charge is 0.193 e. The zero-order valence-electron chi connectivity index (χ0n) is 16.0. The van der Waals surface area contributed by atoms with Gasteiger partial charge in [-0.05, 0) is 44.5 Å². The van der Waals surface area contributed by atoms with Crippen LogP contribution in [-0.4, -0.2) is 75.7 Å². The van der Waals surface area contributed by atoms with E-state index in [4.69, 9.17) is 0 Å². The second kappa shape index (κ2) is 10.6. The third-order valence-electron chi connectivity index (χ3n) is 5.34. The molecular formula is C19H31IN4O2S. The molecule has 152 valence electrons. The van der Waals surface area contributed by atoms with E-state index in [1.54, 1.807) is 31.3 Å². The Labute approximate surface area is 180 Å². The van der Waals surface area contributed by atoms with Gasteiger partial charge in [-0.3, -0.25) is 9.89 Å². The average molecular weight is 506 g/mol. The lowest BCUT2D eigenvalue weighted by Gasteiger charge is -2.32. The molecule has 1 aromatic carbocycles. The van der Waals surface area contributed by atoms with E-state index in [-0.39, 0.29) is 29.7 Å². The minimum absolute atomic E-state index is 0. The van der Waals surface area contributed by atoms with Gasteiger partial charge >= 0.3 is 0 Å². The number of piperidine rings is 1. The van der Waals surface area contributed by atoms with Gasteiger partial charge in [-0.15, -0.1) is 24.0 Å². The summed E-state index contributed by atoms with van der Waals surface area (Å²) in [5, 5.41) is 3.24. The number of halogens is 1. The van der Waals surface area contributed by atoms with Crippen molar-refractivity contribution in [1.29, 1.82) is 0 Å². The predicted octanol–water partition coefficient (Wildman–Crippen LogP) is 2.21. The number of nitrogens with one attached hydrogen (secondary N) is 1. The van der Waals surface area contributed by atoms with Crippen LogP contribution >= 0.6 is 24.0 Å². The highest BCUT2D eigenvalue weighted by Crippen LogP contribution is 2.20. The first-order chi connectivity index (χ1) is 12.6. The van der Waals surface area contributed by atoms with Crippen molar-refractivity contribution >= 4 is 39.8 Å². The summed E-state index contributed by atoms with van der Waals surface area (Å²) in [7, 11) is -1.49. The van der Waals surface area contributed by atoms with Crippen LogP contribution in [0.3, 0.4) is 0 Å². The highest BCUT2D eigenvalue weighted by atomic mass is 127. The van der Waals surface area contributed by atoms with Crippen molar-refractivity contribution in [2.75, 3.05) is 45.5 Å². The third-order valence-corrected chi connectivity index (χ3v) is 7.07. The van der Waals surface area contributed by atoms with Gasteiger partial charge in [0.15, 0.2) is 15.8 Å². The molecule has 1 aromatic rings. The highest BCUT2D eigenvalue weighted by molar-refractivity contribution is 14.0. The van der Waals surface area contributed by atoms with E-state index in [0.29, 0.717) is 17.5 Å². The molecule has 2 aliphatic heterocycles. The van der Waals surface area contributed by atoms with Crippen molar-refractivity contribution in [3.05, 3.63) is 30.3 Å². The fraction of sp³-hybridized carbons (Fsp3) is 0.632. The zero-order valence-corrected chi connectivity index (χ0v) is 19.2. The largest absolute Gasteiger partial charge is 0.355 e. The molecule has 8 heteroatoms. The molecular weight excluding hydrogens is 475 g/mol. The molecule has 2 aliphatic rings. The molecule has 27 heavy (non-hydrogen) atoms. The second-order valence-corrected chi connectivity index (χ2v) is 9.20. The quantitative estimate of drug-likeness (QED) is 0.377. The molecule has 0 amide bonds. The summed E-state index contributed by atoms with van der Waals surface area (Å²) in [6, 6.07) is 9.23. The van der Waals surface area contributed by atoms with E-state index in [9.17, 15) is 8.42 Å². The first kappa shape index (κ1) is 22.4. The summed E-state index contributed by atoms with van der Waals surface area (Å²) in [6.07, 6.45) is 5.12. The summed E-state index contributed by atoms with van der Waals surface area (Å²) < 4.78 is 24.8. The molecule has 6 nitrogen and oxygen atoms in total. The fourth-order valence-corrected chi connectivity index (χ4v) is 5.07. The normalized spacial score (nSPS) is 21.7. The number of aliphatic imine (C=N–C) groups is 1. The van der Waals surface area contributed by atoms with E-state index in [0.717, 1.165) is 25.5 Å². The van der Waals surface area contributed by atoms with Gasteiger partial charge in [0.05, 0.1) is 10.6 Å². The van der Waals surface area contributed by atoms with Crippen molar-refractivity contribution in [2.24, 2.45) is 4.99 Å². The molecule has 0 saturated carbocycles. The Kier molecular flexibility index (Phi) is 8.81. The zero-order chi connectivity index (χ0) is 18.4. The van der Waals surface area contributed by atoms with Crippen molar-refractivity contribution in [2.45, 2.75) is 36.6 Å². The average Bonchev–Trinajstić information content (AvgIpc) is 3.16. The van der Waals surface area contributed by atoms with Crippen LogP contribution in [0.2, 0.25) is 0 Å². The molecule has 0 spiro atoms. The molecule has 1 N–H and O–H groups in total. The Morgan fingerprint density at radius 3 is 2.52 bits per heavy atom. The Morgan fingerprint density at radius 2 is 1.85 bits per heavy atom. The standard InChI is InChI=1S/C19H30N4O2S.HI/c1-20-19(21-11-15-26(24,25)18-8-4-2-5-9-18)23-14-10-17(16-23)22-12-6-3-7-13-22;/h2,4-5,8-9,17H,3,6-7,10-16H2,1H3,(H,20,21);1H. The maximum Gasteiger partial charge on any atom is 0.193 e. The maximum absolute atomic E-state index is 12.4. The number of rotatable bonds is 5. The number of hydrogen-bond donors (Lipinski definition) is 1. The molecule has 2 heterocycles. The van der Waals surface area contributed by atoms with Gasteiger partial charge in [0, 0.05) is 32.7 Å². The Morgan fingerprint density at radius 1 is 1.15 bits per heavy atom. The topological polar surface area (TPSA) is 65.0 Å². The lowest BCUT2D eigenvalue weighted by molar-refractivity contribution is 0.168. The van der Waals surface area contributed by atoms with Crippen LogP contribution in [-0.2, 0) is 9.84 Å². The van der Waals surface area contributed by atoms with Crippen LogP contribution in [0.25, 0.3) is 0 Å². The number of benzene rings is 1. The van der Waals surface area contributed by atoms with Crippen LogP contribution in [0, 0.1) is 0 Å². The molecule has 3 rings (SSSR count). The van der Waals surface area contributed by atoms with E-state index in [2.05, 4.69) is 20.1 Å². The first-order valence-corrected chi connectivity index (χ1v) is 11.2. The molecule has 0 aliphatic carbocycles. The van der Waals surface area contributed by atoms with Gasteiger partial charge in [0.2, 0.25) is 0 Å². The highest BCUT2D eigenvalue weighted by Gasteiger charge is 2.30. The first-order valence-electron chi connectivity index (χ1n) is 9.57. The number of nitrogens with zero attached hydrogens (tertiary/aromatic N) is 3. The minimum atomic E-state index is -3.26. The maximum atomic E-state index is 12.4. The van der Waals surface area contributed by atoms with Crippen molar-refractivity contribution in [3.63, 3.8) is 0 Å². The lowest BCUT2D eigenvalue weighted by Crippen LogP contribution is -2.45. The second-order valence-electron chi connectivity index (χ2n) is 7.09. The number of sulfone groups is 1. The third kappa shape index (κ3) is 6.05. The van der Waals surface area contributed by atoms with Gasteiger partial charge in [-0.25, -0.2) is 8.42 Å². The number of hydrogen-bond acceptors (Lipinski definition) is 4. The molecule has 1 atom stereocenters. The monoisotopic (exact) mass is 506 g/mol. The Bertz CT molecular complexity index is 706. The van der Waals surface area contributed by atoms with Gasteiger partial charge in [-0.2, -0.15) is 0 Å². The van der Waals surface area contributed by atoms with Crippen molar-refractivity contribution in [3.8, 4) is 0 Å². The molecule has 2 fully saturated rings. The number of likely N-dealkylation sites (tertiary alicyclic amines) is 2. The predicted molar refractivity (Wildman–Crippen MR) is 121 cm³/mol. The van der Waals surface area contributed by atoms with Crippen molar-refractivity contribution in [1.82, 2.24) is 15.1 Å². The van der Waals surface area contributed by atoms with E-state index in [1.165, 1.54) is 32.4 Å². The lowest BCUT2D eigenvalue weighted by atomic mass is 10.1. The molecule has 1 unspecified atom stereocenters. The van der Waals surface area contributed by atoms with Crippen molar-refractivity contribution < 1.29 is 8.42 Å². The minimum Gasteiger partial charge on any atom is -0.355 e. The summed E-state index contributed by atoms with van der Waals surface area (Å²) in [5.41, 5.74) is 0. The van der Waals surface area contributed by atoms with Gasteiger partial charge < -0.3 is 10.2 Å². The summed E-state index contributed by atoms with van der Waals surface area (Å²) in [5.74, 6) is 0.882. The van der Waals surface area contributed by atoms with Gasteiger partial charge in [-0.1, -0.05) is 24.6 Å². The van der Waals surface area contributed by atoms with Crippen LogP contribution in [0.5, 0.6) is 0 Å². The molecule has 0 bridgehead atoms. The SMILES string of the molecule is CN=C(NCCS(=O)(=O)c1ccccc1)N1CCC(N2CCCCC2)C1.I. The van der Waals surface area contributed by atoms with E-state index in [1.807, 2.05) is 6.07 Å². The summed E-state index contributed by atoms with van der Waals surface area (Å²) in [6.45, 7) is 4.74. The Hall–Kier alpha value is -0.870.